The van der Waals surface area contributed by atoms with Gasteiger partial charge in [-0.3, -0.25) is 9.59 Å². The molecule has 2 amide bonds. The second-order valence-corrected chi connectivity index (χ2v) is 8.43. The van der Waals surface area contributed by atoms with Crippen LogP contribution < -0.4 is 10.2 Å². The van der Waals surface area contributed by atoms with Crippen molar-refractivity contribution in [3.8, 4) is 5.75 Å². The summed E-state index contributed by atoms with van der Waals surface area (Å²) in [4.78, 5) is 27.0. The number of amides is 2. The van der Waals surface area contributed by atoms with Crippen molar-refractivity contribution >= 4 is 51.5 Å². The van der Waals surface area contributed by atoms with Gasteiger partial charge in [0.2, 0.25) is 5.91 Å². The molecule has 2 heterocycles. The summed E-state index contributed by atoms with van der Waals surface area (Å²) in [5.74, 6) is 0.357. The summed E-state index contributed by atoms with van der Waals surface area (Å²) in [5.41, 5.74) is 4.77. The first-order chi connectivity index (χ1) is 15.6. The number of fused-ring (bicyclic) bond motifs is 1. The predicted octanol–water partition coefficient (Wildman–Crippen LogP) is 2.88. The number of nitrogens with zero attached hydrogens (tertiary/aromatic N) is 3. The Morgan fingerprint density at radius 1 is 1.22 bits per heavy atom. The summed E-state index contributed by atoms with van der Waals surface area (Å²) in [6.07, 6.45) is 3.48. The molecule has 1 N–H and O–H groups in total. The van der Waals surface area contributed by atoms with E-state index in [4.69, 9.17) is 9.47 Å². The fourth-order valence-electron chi connectivity index (χ4n) is 3.59. The van der Waals surface area contributed by atoms with Crippen molar-refractivity contribution in [3.05, 3.63) is 63.4 Å². The average molecular weight is 546 g/mol. The van der Waals surface area contributed by atoms with Crippen LogP contribution in [0.3, 0.4) is 0 Å². The number of ether oxygens (including phenoxy) is 2. The van der Waals surface area contributed by atoms with Gasteiger partial charge in [0.15, 0.2) is 0 Å². The minimum Gasteiger partial charge on any atom is -0.496 e. The molecule has 0 atom stereocenters. The number of rotatable bonds is 6. The monoisotopic (exact) mass is 546 g/mol. The van der Waals surface area contributed by atoms with Crippen LogP contribution >= 0.6 is 22.6 Å². The molecule has 9 heteroatoms. The highest BCUT2D eigenvalue weighted by atomic mass is 127. The van der Waals surface area contributed by atoms with Gasteiger partial charge in [0.05, 0.1) is 30.1 Å². The Morgan fingerprint density at radius 2 is 2.00 bits per heavy atom. The molecule has 32 heavy (non-hydrogen) atoms. The molecule has 166 valence electrons. The van der Waals surface area contributed by atoms with Gasteiger partial charge in [0.1, 0.15) is 12.3 Å². The fraction of sp³-hybridized carbons (Fsp3) is 0.261. The minimum atomic E-state index is -0.331. The second kappa shape index (κ2) is 10.1. The van der Waals surface area contributed by atoms with E-state index in [0.29, 0.717) is 37.6 Å². The van der Waals surface area contributed by atoms with Gasteiger partial charge in [-0.05, 0) is 46.9 Å². The minimum absolute atomic E-state index is 0.0542. The summed E-state index contributed by atoms with van der Waals surface area (Å²) >= 11 is 2.15. The van der Waals surface area contributed by atoms with E-state index < -0.39 is 0 Å². The standard InChI is InChI=1S/C23H23IN4O4/c1-31-21-12-16(6-7-19(21)24)23(30)26-25-13-17-14-28(20-5-3-2-4-18(17)20)15-22(29)27-8-10-32-11-9-27/h2-7,12-14H,8-11,15H2,1H3,(H,26,30). The van der Waals surface area contributed by atoms with Gasteiger partial charge in [-0.2, -0.15) is 5.10 Å². The maximum atomic E-state index is 12.7. The zero-order valence-electron chi connectivity index (χ0n) is 17.6. The second-order valence-electron chi connectivity index (χ2n) is 7.27. The zero-order valence-corrected chi connectivity index (χ0v) is 19.7. The SMILES string of the molecule is COc1cc(C(=O)NN=Cc2cn(CC(=O)N3CCOCC3)c3ccccc23)ccc1I. The van der Waals surface area contributed by atoms with E-state index in [1.807, 2.05) is 46.0 Å². The summed E-state index contributed by atoms with van der Waals surface area (Å²) in [7, 11) is 1.57. The van der Waals surface area contributed by atoms with Crippen molar-refractivity contribution in [1.82, 2.24) is 14.9 Å². The van der Waals surface area contributed by atoms with Crippen molar-refractivity contribution in [2.24, 2.45) is 5.10 Å². The molecule has 0 saturated carbocycles. The molecule has 0 aliphatic carbocycles. The van der Waals surface area contributed by atoms with E-state index >= 15 is 0 Å². The molecule has 0 radical (unpaired) electrons. The number of benzene rings is 2. The molecule has 0 unspecified atom stereocenters. The van der Waals surface area contributed by atoms with Crippen molar-refractivity contribution in [1.29, 1.82) is 0 Å². The van der Waals surface area contributed by atoms with E-state index in [9.17, 15) is 9.59 Å². The topological polar surface area (TPSA) is 85.2 Å². The molecule has 4 rings (SSSR count). The predicted molar refractivity (Wildman–Crippen MR) is 130 cm³/mol. The molecule has 3 aromatic rings. The maximum Gasteiger partial charge on any atom is 0.271 e. The first-order valence-corrected chi connectivity index (χ1v) is 11.2. The van der Waals surface area contributed by atoms with Gasteiger partial charge in [-0.25, -0.2) is 5.43 Å². The molecule has 1 fully saturated rings. The third-order valence-electron chi connectivity index (χ3n) is 5.27. The Balaban J connectivity index is 1.50. The summed E-state index contributed by atoms with van der Waals surface area (Å²) in [6, 6.07) is 13.0. The third-order valence-corrected chi connectivity index (χ3v) is 6.16. The number of carbonyl (C=O) groups is 2. The zero-order chi connectivity index (χ0) is 22.5. The lowest BCUT2D eigenvalue weighted by atomic mass is 10.2. The normalized spacial score (nSPS) is 14.1. The van der Waals surface area contributed by atoms with Crippen molar-refractivity contribution in [2.75, 3.05) is 33.4 Å². The van der Waals surface area contributed by atoms with E-state index in [2.05, 4.69) is 33.1 Å². The quantitative estimate of drug-likeness (QED) is 0.293. The van der Waals surface area contributed by atoms with Gasteiger partial charge in [-0.1, -0.05) is 18.2 Å². The number of hydrogen-bond donors (Lipinski definition) is 1. The smallest absolute Gasteiger partial charge is 0.271 e. The summed E-state index contributed by atoms with van der Waals surface area (Å²) in [5, 5.41) is 5.09. The molecule has 1 aliphatic rings. The van der Waals surface area contributed by atoms with Crippen LogP contribution in [0.15, 0.2) is 53.8 Å². The first kappa shape index (κ1) is 22.3. The van der Waals surface area contributed by atoms with Gasteiger partial charge in [0, 0.05) is 41.3 Å². The Bertz CT molecular complexity index is 1170. The van der Waals surface area contributed by atoms with Crippen molar-refractivity contribution in [2.45, 2.75) is 6.54 Å². The van der Waals surface area contributed by atoms with E-state index in [0.717, 1.165) is 20.0 Å². The Kier molecular flexibility index (Phi) is 7.05. The molecular weight excluding hydrogens is 523 g/mol. The Labute approximate surface area is 199 Å². The van der Waals surface area contributed by atoms with Gasteiger partial charge in [-0.15, -0.1) is 0 Å². The lowest BCUT2D eigenvalue weighted by Crippen LogP contribution is -2.42. The molecular formula is C23H23IN4O4. The van der Waals surface area contributed by atoms with Crippen LogP contribution in [0.1, 0.15) is 15.9 Å². The largest absolute Gasteiger partial charge is 0.496 e. The fourth-order valence-corrected chi connectivity index (χ4v) is 4.15. The molecule has 2 aromatic carbocycles. The van der Waals surface area contributed by atoms with Crippen molar-refractivity contribution < 1.29 is 19.1 Å². The number of morpholine rings is 1. The third kappa shape index (κ3) is 4.94. The van der Waals surface area contributed by atoms with E-state index in [1.165, 1.54) is 0 Å². The molecule has 1 saturated heterocycles. The highest BCUT2D eigenvalue weighted by Crippen LogP contribution is 2.22. The number of carbonyl (C=O) groups excluding carboxylic acids is 2. The summed E-state index contributed by atoms with van der Waals surface area (Å²) in [6.45, 7) is 2.61. The summed E-state index contributed by atoms with van der Waals surface area (Å²) < 4.78 is 13.4. The van der Waals surface area contributed by atoms with Gasteiger partial charge in [0.25, 0.3) is 5.91 Å². The van der Waals surface area contributed by atoms with Crippen LogP contribution in [-0.2, 0) is 16.1 Å². The van der Waals surface area contributed by atoms with Crippen LogP contribution in [0.5, 0.6) is 5.75 Å². The van der Waals surface area contributed by atoms with Crippen LogP contribution in [0, 0.1) is 3.57 Å². The highest BCUT2D eigenvalue weighted by Gasteiger charge is 2.18. The number of aromatic nitrogens is 1. The molecule has 1 aliphatic heterocycles. The highest BCUT2D eigenvalue weighted by molar-refractivity contribution is 14.1. The van der Waals surface area contributed by atoms with Gasteiger partial charge < -0.3 is 18.9 Å². The number of hydrazone groups is 1. The number of para-hydroxylation sites is 1. The number of halogens is 1. The Hall–Kier alpha value is -2.92. The van der Waals surface area contributed by atoms with E-state index in [1.54, 1.807) is 25.5 Å². The van der Waals surface area contributed by atoms with Crippen molar-refractivity contribution in [3.63, 3.8) is 0 Å². The van der Waals surface area contributed by atoms with Gasteiger partial charge >= 0.3 is 0 Å². The van der Waals surface area contributed by atoms with E-state index in [-0.39, 0.29) is 18.4 Å². The molecule has 0 bridgehead atoms. The number of nitrogens with one attached hydrogen (secondary N) is 1. The maximum absolute atomic E-state index is 12.7. The average Bonchev–Trinajstić information content (AvgIpc) is 3.17. The number of methoxy groups -OCH3 is 1. The van der Waals surface area contributed by atoms with Crippen LogP contribution in [-0.4, -0.2) is 60.9 Å². The molecule has 1 aromatic heterocycles. The molecule has 8 nitrogen and oxygen atoms in total. The van der Waals surface area contributed by atoms with Crippen LogP contribution in [0.2, 0.25) is 0 Å². The van der Waals surface area contributed by atoms with Crippen LogP contribution in [0.25, 0.3) is 10.9 Å². The lowest BCUT2D eigenvalue weighted by Gasteiger charge is -2.27. The first-order valence-electron chi connectivity index (χ1n) is 10.2. The number of hydrogen-bond acceptors (Lipinski definition) is 5. The Morgan fingerprint density at radius 3 is 2.78 bits per heavy atom. The lowest BCUT2D eigenvalue weighted by molar-refractivity contribution is -0.135. The molecule has 0 spiro atoms. The van der Waals surface area contributed by atoms with Crippen LogP contribution in [0.4, 0.5) is 0 Å².